The number of aliphatic hydroxyl groups is 1. The molecule has 0 radical (unpaired) electrons. The topological polar surface area (TPSA) is 61.8 Å². The number of ether oxygens (including phenoxy) is 1. The normalized spacial score (nSPS) is 10.2. The first-order valence-corrected chi connectivity index (χ1v) is 5.90. The summed E-state index contributed by atoms with van der Waals surface area (Å²) in [5.41, 5.74) is 0.129. The SMILES string of the molecule is C=CCN(CCO)C(=O)Nc1ccccc1OC(F)F. The van der Waals surface area contributed by atoms with Gasteiger partial charge in [0, 0.05) is 13.1 Å². The van der Waals surface area contributed by atoms with Crippen LogP contribution < -0.4 is 10.1 Å². The molecule has 0 saturated carbocycles. The fourth-order valence-corrected chi connectivity index (χ4v) is 1.52. The second-order valence-corrected chi connectivity index (χ2v) is 3.76. The molecule has 0 aliphatic heterocycles. The number of para-hydroxylation sites is 2. The molecular formula is C13H16F2N2O3. The molecule has 0 unspecified atom stereocenters. The summed E-state index contributed by atoms with van der Waals surface area (Å²) in [5, 5.41) is 11.3. The van der Waals surface area contributed by atoms with Crippen molar-refractivity contribution in [2.45, 2.75) is 6.61 Å². The molecule has 7 heteroatoms. The summed E-state index contributed by atoms with van der Waals surface area (Å²) >= 11 is 0. The number of amides is 2. The highest BCUT2D eigenvalue weighted by molar-refractivity contribution is 5.91. The van der Waals surface area contributed by atoms with Crippen molar-refractivity contribution in [3.8, 4) is 5.75 Å². The van der Waals surface area contributed by atoms with E-state index in [0.29, 0.717) is 0 Å². The number of nitrogens with zero attached hydrogens (tertiary/aromatic N) is 1. The van der Waals surface area contributed by atoms with Crippen molar-refractivity contribution in [1.82, 2.24) is 4.90 Å². The number of anilines is 1. The van der Waals surface area contributed by atoms with Crippen LogP contribution in [0.2, 0.25) is 0 Å². The summed E-state index contributed by atoms with van der Waals surface area (Å²) < 4.78 is 28.8. The summed E-state index contributed by atoms with van der Waals surface area (Å²) in [5.74, 6) is -0.126. The number of aliphatic hydroxyl groups excluding tert-OH is 1. The molecule has 1 aromatic rings. The van der Waals surface area contributed by atoms with Gasteiger partial charge in [-0.25, -0.2) is 4.79 Å². The van der Waals surface area contributed by atoms with Crippen LogP contribution in [0.1, 0.15) is 0 Å². The Morgan fingerprint density at radius 2 is 2.20 bits per heavy atom. The molecule has 0 atom stereocenters. The Morgan fingerprint density at radius 1 is 1.50 bits per heavy atom. The van der Waals surface area contributed by atoms with E-state index >= 15 is 0 Å². The van der Waals surface area contributed by atoms with Gasteiger partial charge in [0.05, 0.1) is 12.3 Å². The standard InChI is InChI=1S/C13H16F2N2O3/c1-2-7-17(8-9-18)13(19)16-10-5-3-4-6-11(10)20-12(14)15/h2-6,12,18H,1,7-9H2,(H,16,19). The van der Waals surface area contributed by atoms with E-state index in [1.165, 1.54) is 29.2 Å². The second-order valence-electron chi connectivity index (χ2n) is 3.76. The third kappa shape index (κ3) is 4.85. The van der Waals surface area contributed by atoms with Crippen molar-refractivity contribution in [3.63, 3.8) is 0 Å². The van der Waals surface area contributed by atoms with E-state index in [1.54, 1.807) is 6.07 Å². The molecule has 0 aliphatic carbocycles. The molecule has 0 fully saturated rings. The van der Waals surface area contributed by atoms with Gasteiger partial charge in [0.25, 0.3) is 0 Å². The Labute approximate surface area is 115 Å². The van der Waals surface area contributed by atoms with Gasteiger partial charge in [-0.3, -0.25) is 0 Å². The zero-order chi connectivity index (χ0) is 15.0. The first-order chi connectivity index (χ1) is 9.58. The predicted molar refractivity (Wildman–Crippen MR) is 70.9 cm³/mol. The van der Waals surface area contributed by atoms with Crippen LogP contribution in [-0.4, -0.2) is 42.3 Å². The molecular weight excluding hydrogens is 270 g/mol. The van der Waals surface area contributed by atoms with E-state index < -0.39 is 12.6 Å². The Bertz CT molecular complexity index is 455. The molecule has 0 aliphatic rings. The average Bonchev–Trinajstić information content (AvgIpc) is 2.40. The molecule has 0 spiro atoms. The molecule has 110 valence electrons. The first-order valence-electron chi connectivity index (χ1n) is 5.90. The predicted octanol–water partition coefficient (Wildman–Crippen LogP) is 2.30. The average molecular weight is 286 g/mol. The van der Waals surface area contributed by atoms with Gasteiger partial charge in [0.15, 0.2) is 0 Å². The van der Waals surface area contributed by atoms with Crippen molar-refractivity contribution in [3.05, 3.63) is 36.9 Å². The lowest BCUT2D eigenvalue weighted by Crippen LogP contribution is -2.37. The molecule has 0 saturated heterocycles. The first kappa shape index (κ1) is 15.9. The van der Waals surface area contributed by atoms with Gasteiger partial charge in [-0.05, 0) is 12.1 Å². The third-order valence-electron chi connectivity index (χ3n) is 2.35. The van der Waals surface area contributed by atoms with Crippen LogP contribution in [0.25, 0.3) is 0 Å². The number of halogens is 2. The molecule has 20 heavy (non-hydrogen) atoms. The van der Waals surface area contributed by atoms with Gasteiger partial charge < -0.3 is 20.1 Å². The number of hydrogen-bond donors (Lipinski definition) is 2. The molecule has 1 aromatic carbocycles. The quantitative estimate of drug-likeness (QED) is 0.756. The van der Waals surface area contributed by atoms with Crippen LogP contribution in [0, 0.1) is 0 Å². The lowest BCUT2D eigenvalue weighted by molar-refractivity contribution is -0.0493. The minimum absolute atomic E-state index is 0.107. The maximum absolute atomic E-state index is 12.2. The summed E-state index contributed by atoms with van der Waals surface area (Å²) in [6, 6.07) is 5.33. The van der Waals surface area contributed by atoms with Crippen molar-refractivity contribution < 1.29 is 23.4 Å². The fourth-order valence-electron chi connectivity index (χ4n) is 1.52. The molecule has 1 rings (SSSR count). The van der Waals surface area contributed by atoms with E-state index in [4.69, 9.17) is 5.11 Å². The monoisotopic (exact) mass is 286 g/mol. The fraction of sp³-hybridized carbons (Fsp3) is 0.308. The molecule has 0 heterocycles. The number of alkyl halides is 2. The minimum atomic E-state index is -2.98. The highest BCUT2D eigenvalue weighted by Crippen LogP contribution is 2.25. The van der Waals surface area contributed by atoms with E-state index in [0.717, 1.165) is 0 Å². The van der Waals surface area contributed by atoms with Gasteiger partial charge in [0.1, 0.15) is 5.75 Å². The molecule has 0 bridgehead atoms. The Morgan fingerprint density at radius 3 is 2.80 bits per heavy atom. The van der Waals surface area contributed by atoms with Gasteiger partial charge in [-0.15, -0.1) is 6.58 Å². The minimum Gasteiger partial charge on any atom is -0.433 e. The zero-order valence-electron chi connectivity index (χ0n) is 10.8. The van der Waals surface area contributed by atoms with Crippen LogP contribution in [0.15, 0.2) is 36.9 Å². The van der Waals surface area contributed by atoms with Crippen LogP contribution in [-0.2, 0) is 0 Å². The maximum Gasteiger partial charge on any atom is 0.387 e. The largest absolute Gasteiger partial charge is 0.433 e. The number of carbonyl (C=O) groups is 1. The summed E-state index contributed by atoms with van der Waals surface area (Å²) in [6.45, 7) is 0.646. The summed E-state index contributed by atoms with van der Waals surface area (Å²) in [6.07, 6.45) is 1.50. The maximum atomic E-state index is 12.2. The van der Waals surface area contributed by atoms with Gasteiger partial charge in [-0.2, -0.15) is 8.78 Å². The third-order valence-corrected chi connectivity index (χ3v) is 2.35. The van der Waals surface area contributed by atoms with Crippen LogP contribution >= 0.6 is 0 Å². The van der Waals surface area contributed by atoms with E-state index in [9.17, 15) is 13.6 Å². The molecule has 0 aromatic heterocycles. The van der Waals surface area contributed by atoms with E-state index in [1.807, 2.05) is 0 Å². The van der Waals surface area contributed by atoms with E-state index in [2.05, 4.69) is 16.6 Å². The van der Waals surface area contributed by atoms with Crippen molar-refractivity contribution in [2.24, 2.45) is 0 Å². The second kappa shape index (κ2) is 8.11. The number of urea groups is 1. The van der Waals surface area contributed by atoms with Crippen LogP contribution in [0.5, 0.6) is 5.75 Å². The zero-order valence-corrected chi connectivity index (χ0v) is 10.8. The van der Waals surface area contributed by atoms with Gasteiger partial charge in [-0.1, -0.05) is 18.2 Å². The summed E-state index contributed by atoms with van der Waals surface area (Å²) in [7, 11) is 0. The van der Waals surface area contributed by atoms with Gasteiger partial charge >= 0.3 is 12.6 Å². The van der Waals surface area contributed by atoms with Gasteiger partial charge in [0.2, 0.25) is 0 Å². The van der Waals surface area contributed by atoms with E-state index in [-0.39, 0.29) is 31.1 Å². The molecule has 5 nitrogen and oxygen atoms in total. The van der Waals surface area contributed by atoms with Crippen molar-refractivity contribution in [2.75, 3.05) is 25.0 Å². The lowest BCUT2D eigenvalue weighted by atomic mass is 10.3. The molecule has 2 amide bonds. The smallest absolute Gasteiger partial charge is 0.387 e. The number of rotatable bonds is 7. The Kier molecular flexibility index (Phi) is 6.45. The number of nitrogens with one attached hydrogen (secondary N) is 1. The molecule has 2 N–H and O–H groups in total. The highest BCUT2D eigenvalue weighted by atomic mass is 19.3. The number of carbonyl (C=O) groups excluding carboxylic acids is 1. The Balaban J connectivity index is 2.80. The number of benzene rings is 1. The van der Waals surface area contributed by atoms with Crippen molar-refractivity contribution in [1.29, 1.82) is 0 Å². The number of hydrogen-bond acceptors (Lipinski definition) is 3. The van der Waals surface area contributed by atoms with Crippen LogP contribution in [0.4, 0.5) is 19.3 Å². The summed E-state index contributed by atoms with van der Waals surface area (Å²) in [4.78, 5) is 13.2. The van der Waals surface area contributed by atoms with Crippen LogP contribution in [0.3, 0.4) is 0 Å². The van der Waals surface area contributed by atoms with Crippen molar-refractivity contribution >= 4 is 11.7 Å². The highest BCUT2D eigenvalue weighted by Gasteiger charge is 2.15. The lowest BCUT2D eigenvalue weighted by Gasteiger charge is -2.21. The Hall–Kier alpha value is -2.15.